The van der Waals surface area contributed by atoms with Gasteiger partial charge in [-0.2, -0.15) is 0 Å². The highest BCUT2D eigenvalue weighted by atomic mass is 16.6. The molecular weight excluding hydrogens is 258 g/mol. The molecule has 1 heterocycles. The minimum atomic E-state index is -2.03. The first-order valence-electron chi connectivity index (χ1n) is 6.14. The van der Waals surface area contributed by atoms with Crippen LogP contribution in [0.4, 0.5) is 0 Å². The van der Waals surface area contributed by atoms with Crippen molar-refractivity contribution in [1.29, 1.82) is 0 Å². The van der Waals surface area contributed by atoms with E-state index in [1.54, 1.807) is 0 Å². The Labute approximate surface area is 110 Å². The van der Waals surface area contributed by atoms with Gasteiger partial charge in [0, 0.05) is 18.9 Å². The molecule has 0 aliphatic carbocycles. The topological polar surface area (TPSA) is 153 Å². The van der Waals surface area contributed by atoms with Gasteiger partial charge in [0.25, 0.3) is 0 Å². The normalized spacial score (nSPS) is 37.0. The average Bonchev–Trinajstić information content (AvgIpc) is 2.31. The lowest BCUT2D eigenvalue weighted by Crippen LogP contribution is -2.62. The Bertz CT molecular complexity index is 313. The molecule has 0 aromatic heterocycles. The van der Waals surface area contributed by atoms with Crippen LogP contribution in [-0.4, -0.2) is 68.2 Å². The van der Waals surface area contributed by atoms with Gasteiger partial charge >= 0.3 is 5.97 Å². The molecule has 0 amide bonds. The summed E-state index contributed by atoms with van der Waals surface area (Å²) < 4.78 is 4.96. The van der Waals surface area contributed by atoms with E-state index >= 15 is 0 Å². The first kappa shape index (κ1) is 16.3. The molecule has 1 fully saturated rings. The van der Waals surface area contributed by atoms with Crippen molar-refractivity contribution in [3.63, 3.8) is 0 Å². The number of aliphatic carboxylic acids is 1. The van der Waals surface area contributed by atoms with Crippen LogP contribution in [0.5, 0.6) is 0 Å². The highest BCUT2D eigenvalue weighted by Crippen LogP contribution is 2.28. The summed E-state index contributed by atoms with van der Waals surface area (Å²) in [5.41, 5.74) is 5.73. The number of aliphatic hydroxyl groups excluding tert-OH is 3. The van der Waals surface area contributed by atoms with E-state index in [1.165, 1.54) is 0 Å². The highest BCUT2D eigenvalue weighted by Gasteiger charge is 2.48. The van der Waals surface area contributed by atoms with Crippen LogP contribution >= 0.6 is 0 Å². The third-order valence-electron chi connectivity index (χ3n) is 3.20. The molecule has 0 aromatic carbocycles. The minimum absolute atomic E-state index is 0.0309. The van der Waals surface area contributed by atoms with Crippen molar-refractivity contribution in [2.75, 3.05) is 6.61 Å². The Morgan fingerprint density at radius 1 is 1.42 bits per heavy atom. The molecule has 0 radical (unpaired) electrons. The van der Waals surface area contributed by atoms with Crippen LogP contribution in [0.3, 0.4) is 0 Å². The largest absolute Gasteiger partial charge is 0.481 e. The molecule has 8 heteroatoms. The van der Waals surface area contributed by atoms with Gasteiger partial charge in [-0.3, -0.25) is 4.79 Å². The van der Waals surface area contributed by atoms with E-state index in [-0.39, 0.29) is 19.4 Å². The van der Waals surface area contributed by atoms with Gasteiger partial charge in [0.1, 0.15) is 18.3 Å². The zero-order valence-electron chi connectivity index (χ0n) is 10.5. The van der Waals surface area contributed by atoms with Crippen molar-refractivity contribution in [2.24, 2.45) is 5.73 Å². The van der Waals surface area contributed by atoms with Crippen LogP contribution in [0.25, 0.3) is 0 Å². The molecule has 0 spiro atoms. The predicted molar refractivity (Wildman–Crippen MR) is 63.0 cm³/mol. The van der Waals surface area contributed by atoms with Crippen molar-refractivity contribution in [2.45, 2.75) is 55.8 Å². The molecule has 7 N–H and O–H groups in total. The van der Waals surface area contributed by atoms with Gasteiger partial charge < -0.3 is 36.0 Å². The summed E-state index contributed by atoms with van der Waals surface area (Å²) in [6.45, 7) is -0.309. The van der Waals surface area contributed by atoms with E-state index < -0.39 is 36.1 Å². The number of aliphatic hydroxyl groups is 4. The maximum absolute atomic E-state index is 10.3. The smallest absolute Gasteiger partial charge is 0.303 e. The van der Waals surface area contributed by atoms with E-state index in [0.29, 0.717) is 12.8 Å². The van der Waals surface area contributed by atoms with Crippen molar-refractivity contribution in [3.8, 4) is 0 Å². The minimum Gasteiger partial charge on any atom is -0.481 e. The molecule has 1 aliphatic heterocycles. The van der Waals surface area contributed by atoms with Crippen molar-refractivity contribution in [3.05, 3.63) is 0 Å². The Kier molecular flexibility index (Phi) is 5.65. The van der Waals surface area contributed by atoms with E-state index in [0.717, 1.165) is 0 Å². The van der Waals surface area contributed by atoms with Crippen LogP contribution in [-0.2, 0) is 9.53 Å². The third kappa shape index (κ3) is 4.37. The highest BCUT2D eigenvalue weighted by molar-refractivity contribution is 5.66. The third-order valence-corrected chi connectivity index (χ3v) is 3.20. The number of rotatable bonds is 6. The summed E-state index contributed by atoms with van der Waals surface area (Å²) in [4.78, 5) is 10.3. The maximum atomic E-state index is 10.3. The molecule has 112 valence electrons. The summed E-state index contributed by atoms with van der Waals surface area (Å²) >= 11 is 0. The zero-order valence-corrected chi connectivity index (χ0v) is 10.5. The molecule has 0 saturated carbocycles. The average molecular weight is 279 g/mol. The fourth-order valence-corrected chi connectivity index (χ4v) is 2.06. The second kappa shape index (κ2) is 6.60. The predicted octanol–water partition coefficient (Wildman–Crippen LogP) is -2.24. The van der Waals surface area contributed by atoms with Crippen molar-refractivity contribution < 1.29 is 35.1 Å². The van der Waals surface area contributed by atoms with Gasteiger partial charge in [-0.05, 0) is 12.8 Å². The van der Waals surface area contributed by atoms with Gasteiger partial charge in [0.05, 0.1) is 6.61 Å². The standard InChI is InChI=1S/C11H21NO7/c12-6(2-1-3-8(14)15)4-11(18)10(17)9(16)7(13)5-19-11/h6-7,9-10,13,16-18H,1-5,12H2,(H,14,15)/t6?,7-,9+,10-,11-/m1/s1. The molecule has 0 aromatic rings. The molecule has 0 bridgehead atoms. The monoisotopic (exact) mass is 279 g/mol. The lowest BCUT2D eigenvalue weighted by Gasteiger charge is -2.42. The molecule has 1 rings (SSSR count). The van der Waals surface area contributed by atoms with Gasteiger partial charge in [0.15, 0.2) is 5.79 Å². The molecule has 19 heavy (non-hydrogen) atoms. The van der Waals surface area contributed by atoms with Crippen molar-refractivity contribution in [1.82, 2.24) is 0 Å². The van der Waals surface area contributed by atoms with Gasteiger partial charge in [0.2, 0.25) is 0 Å². The maximum Gasteiger partial charge on any atom is 0.303 e. The van der Waals surface area contributed by atoms with Gasteiger partial charge in [-0.15, -0.1) is 0 Å². The van der Waals surface area contributed by atoms with Crippen molar-refractivity contribution >= 4 is 5.97 Å². The van der Waals surface area contributed by atoms with Crippen LogP contribution < -0.4 is 5.73 Å². The van der Waals surface area contributed by atoms with E-state index in [9.17, 15) is 25.2 Å². The van der Waals surface area contributed by atoms with Crippen LogP contribution in [0.2, 0.25) is 0 Å². The fraction of sp³-hybridized carbons (Fsp3) is 0.909. The molecule has 8 nitrogen and oxygen atoms in total. The SMILES string of the molecule is NC(CCCC(=O)O)C[C@@]1(O)OC[C@@H](O)[C@H](O)[C@H]1O. The second-order valence-electron chi connectivity index (χ2n) is 4.91. The molecule has 5 atom stereocenters. The number of hydrogen-bond donors (Lipinski definition) is 6. The summed E-state index contributed by atoms with van der Waals surface area (Å²) in [6, 6.07) is -0.582. The number of ether oxygens (including phenoxy) is 1. The first-order valence-corrected chi connectivity index (χ1v) is 6.14. The lowest BCUT2D eigenvalue weighted by atomic mass is 9.90. The van der Waals surface area contributed by atoms with Gasteiger partial charge in [-0.25, -0.2) is 0 Å². The summed E-state index contributed by atoms with van der Waals surface area (Å²) in [5, 5.41) is 47.0. The molecule has 1 aliphatic rings. The quantitative estimate of drug-likeness (QED) is 0.319. The van der Waals surface area contributed by atoms with E-state index in [1.807, 2.05) is 0 Å². The van der Waals surface area contributed by atoms with Crippen LogP contribution in [0, 0.1) is 0 Å². The Morgan fingerprint density at radius 2 is 2.05 bits per heavy atom. The molecule has 1 saturated heterocycles. The first-order chi connectivity index (χ1) is 8.76. The Hall–Kier alpha value is -0.770. The molecular formula is C11H21NO7. The lowest BCUT2D eigenvalue weighted by molar-refractivity contribution is -0.324. The number of hydrogen-bond acceptors (Lipinski definition) is 7. The number of nitrogens with two attached hydrogens (primary N) is 1. The number of carboxylic acids is 1. The Morgan fingerprint density at radius 3 is 2.63 bits per heavy atom. The zero-order chi connectivity index (χ0) is 14.6. The van der Waals surface area contributed by atoms with E-state index in [2.05, 4.69) is 0 Å². The van der Waals surface area contributed by atoms with Gasteiger partial charge in [-0.1, -0.05) is 0 Å². The summed E-state index contributed by atoms with van der Waals surface area (Å²) in [7, 11) is 0. The second-order valence-corrected chi connectivity index (χ2v) is 4.91. The summed E-state index contributed by atoms with van der Waals surface area (Å²) in [5.74, 6) is -2.96. The number of carbonyl (C=O) groups is 1. The summed E-state index contributed by atoms with van der Waals surface area (Å²) in [6.07, 6.45) is -3.95. The fourth-order valence-electron chi connectivity index (χ4n) is 2.06. The van der Waals surface area contributed by atoms with Crippen LogP contribution in [0.1, 0.15) is 25.7 Å². The Balaban J connectivity index is 2.47. The van der Waals surface area contributed by atoms with E-state index in [4.69, 9.17) is 15.6 Å². The van der Waals surface area contributed by atoms with Crippen LogP contribution in [0.15, 0.2) is 0 Å². The molecule has 1 unspecified atom stereocenters. The number of carboxylic acid groups (broad SMARTS) is 1.